The average molecular weight is 226 g/mol. The second-order valence-electron chi connectivity index (χ2n) is 4.16. The van der Waals surface area contributed by atoms with E-state index in [2.05, 4.69) is 5.32 Å². The van der Waals surface area contributed by atoms with Crippen LogP contribution >= 0.6 is 0 Å². The number of hydrogen-bond acceptors (Lipinski definition) is 2. The molecule has 5 nitrogen and oxygen atoms in total. The summed E-state index contributed by atoms with van der Waals surface area (Å²) < 4.78 is 0. The topological polar surface area (TPSA) is 69.6 Å². The van der Waals surface area contributed by atoms with Gasteiger partial charge in [-0.15, -0.1) is 0 Å². The Labute approximate surface area is 95.1 Å². The highest BCUT2D eigenvalue weighted by atomic mass is 16.4. The van der Waals surface area contributed by atoms with E-state index < -0.39 is 12.0 Å². The molecule has 0 aromatic heterocycles. The van der Waals surface area contributed by atoms with Gasteiger partial charge in [0.1, 0.15) is 6.04 Å². The molecule has 0 radical (unpaired) electrons. The molecule has 1 fully saturated rings. The smallest absolute Gasteiger partial charge is 0.326 e. The number of carboxylic acids is 1. The van der Waals surface area contributed by atoms with Gasteiger partial charge in [0.05, 0.1) is 0 Å². The van der Waals surface area contributed by atoms with Crippen molar-refractivity contribution < 1.29 is 14.7 Å². The summed E-state index contributed by atoms with van der Waals surface area (Å²) in [4.78, 5) is 23.9. The molecule has 1 atom stereocenters. The van der Waals surface area contributed by atoms with E-state index in [1.807, 2.05) is 19.9 Å². The minimum Gasteiger partial charge on any atom is -0.480 e. The van der Waals surface area contributed by atoms with Crippen LogP contribution in [0.25, 0.3) is 0 Å². The minimum absolute atomic E-state index is 0.289. The standard InChI is InChI=1S/C11H18N2O3/c1-8(2)5-6-12-11(16)13-7-3-4-9(13)10(14)15/h5,9H,3-4,6-7H2,1-2H3,(H,12,16)(H,14,15)/t9-/m1/s1. The van der Waals surface area contributed by atoms with Crippen LogP contribution in [-0.2, 0) is 4.79 Å². The maximum atomic E-state index is 11.7. The molecule has 0 aliphatic carbocycles. The number of carboxylic acid groups (broad SMARTS) is 1. The number of amides is 2. The van der Waals surface area contributed by atoms with Crippen LogP contribution in [0.1, 0.15) is 26.7 Å². The summed E-state index contributed by atoms with van der Waals surface area (Å²) in [6.07, 6.45) is 3.20. The molecule has 1 saturated heterocycles. The van der Waals surface area contributed by atoms with Gasteiger partial charge in [-0.25, -0.2) is 9.59 Å². The van der Waals surface area contributed by atoms with Crippen LogP contribution in [0, 0.1) is 0 Å². The first-order valence-corrected chi connectivity index (χ1v) is 5.43. The Morgan fingerprint density at radius 1 is 1.50 bits per heavy atom. The zero-order chi connectivity index (χ0) is 12.1. The lowest BCUT2D eigenvalue weighted by molar-refractivity contribution is -0.141. The molecule has 0 aromatic rings. The zero-order valence-corrected chi connectivity index (χ0v) is 9.69. The summed E-state index contributed by atoms with van der Waals surface area (Å²) in [7, 11) is 0. The van der Waals surface area contributed by atoms with Crippen LogP contribution in [0.2, 0.25) is 0 Å². The van der Waals surface area contributed by atoms with E-state index in [0.717, 1.165) is 12.0 Å². The van der Waals surface area contributed by atoms with Gasteiger partial charge in [-0.3, -0.25) is 0 Å². The molecule has 2 N–H and O–H groups in total. The maximum Gasteiger partial charge on any atom is 0.326 e. The Kier molecular flexibility index (Phi) is 4.34. The first kappa shape index (κ1) is 12.5. The number of nitrogens with one attached hydrogen (secondary N) is 1. The summed E-state index contributed by atoms with van der Waals surface area (Å²) in [6.45, 7) is 4.87. The van der Waals surface area contributed by atoms with Crippen molar-refractivity contribution in [1.82, 2.24) is 10.2 Å². The fraction of sp³-hybridized carbons (Fsp3) is 0.636. The van der Waals surface area contributed by atoms with Crippen molar-refractivity contribution in [3.05, 3.63) is 11.6 Å². The molecule has 90 valence electrons. The van der Waals surface area contributed by atoms with Crippen molar-refractivity contribution >= 4 is 12.0 Å². The minimum atomic E-state index is -0.921. The van der Waals surface area contributed by atoms with Gasteiger partial charge < -0.3 is 15.3 Å². The highest BCUT2D eigenvalue weighted by molar-refractivity contribution is 5.83. The van der Waals surface area contributed by atoms with Crippen LogP contribution < -0.4 is 5.32 Å². The second-order valence-corrected chi connectivity index (χ2v) is 4.16. The summed E-state index contributed by atoms with van der Waals surface area (Å²) in [5, 5.41) is 11.6. The summed E-state index contributed by atoms with van der Waals surface area (Å²) in [6, 6.07) is -0.950. The molecule has 0 aromatic carbocycles. The van der Waals surface area contributed by atoms with Crippen LogP contribution in [0.3, 0.4) is 0 Å². The third-order valence-electron chi connectivity index (χ3n) is 2.56. The molecule has 0 saturated carbocycles. The molecule has 1 aliphatic heterocycles. The molecular formula is C11H18N2O3. The molecule has 0 spiro atoms. The van der Waals surface area contributed by atoms with E-state index in [0.29, 0.717) is 19.5 Å². The molecule has 2 amide bonds. The third-order valence-corrected chi connectivity index (χ3v) is 2.56. The van der Waals surface area contributed by atoms with Gasteiger partial charge in [0.2, 0.25) is 0 Å². The van der Waals surface area contributed by atoms with E-state index in [4.69, 9.17) is 5.11 Å². The average Bonchev–Trinajstić information content (AvgIpc) is 2.65. The van der Waals surface area contributed by atoms with Gasteiger partial charge in [-0.1, -0.05) is 11.6 Å². The van der Waals surface area contributed by atoms with Crippen LogP contribution in [0.4, 0.5) is 4.79 Å². The van der Waals surface area contributed by atoms with Crippen molar-refractivity contribution in [1.29, 1.82) is 0 Å². The quantitative estimate of drug-likeness (QED) is 0.711. The van der Waals surface area contributed by atoms with Gasteiger partial charge >= 0.3 is 12.0 Å². The van der Waals surface area contributed by atoms with Crippen molar-refractivity contribution in [3.63, 3.8) is 0 Å². The van der Waals surface area contributed by atoms with E-state index in [1.165, 1.54) is 4.90 Å². The van der Waals surface area contributed by atoms with Gasteiger partial charge in [-0.05, 0) is 26.7 Å². The van der Waals surface area contributed by atoms with Crippen molar-refractivity contribution in [2.45, 2.75) is 32.7 Å². The van der Waals surface area contributed by atoms with Gasteiger partial charge in [-0.2, -0.15) is 0 Å². The largest absolute Gasteiger partial charge is 0.480 e. The predicted molar refractivity (Wildman–Crippen MR) is 60.2 cm³/mol. The zero-order valence-electron chi connectivity index (χ0n) is 9.69. The number of rotatable bonds is 3. The lowest BCUT2D eigenvalue weighted by atomic mass is 10.2. The van der Waals surface area contributed by atoms with Crippen LogP contribution in [0.15, 0.2) is 11.6 Å². The van der Waals surface area contributed by atoms with Crippen molar-refractivity contribution in [2.24, 2.45) is 0 Å². The number of hydrogen-bond donors (Lipinski definition) is 2. The second kappa shape index (κ2) is 5.53. The lowest BCUT2D eigenvalue weighted by Crippen LogP contribution is -2.46. The monoisotopic (exact) mass is 226 g/mol. The number of carbonyl (C=O) groups excluding carboxylic acids is 1. The molecular weight excluding hydrogens is 208 g/mol. The normalized spacial score (nSPS) is 19.4. The fourth-order valence-electron chi connectivity index (χ4n) is 1.71. The number of urea groups is 1. The first-order valence-electron chi connectivity index (χ1n) is 5.43. The molecule has 5 heteroatoms. The molecule has 1 aliphatic rings. The van der Waals surface area contributed by atoms with E-state index in [9.17, 15) is 9.59 Å². The van der Waals surface area contributed by atoms with Crippen molar-refractivity contribution in [3.8, 4) is 0 Å². The number of allylic oxidation sites excluding steroid dienone is 1. The Morgan fingerprint density at radius 2 is 2.19 bits per heavy atom. The third kappa shape index (κ3) is 3.25. The summed E-state index contributed by atoms with van der Waals surface area (Å²) >= 11 is 0. The SMILES string of the molecule is CC(C)=CCNC(=O)N1CCC[C@@H]1C(=O)O. The van der Waals surface area contributed by atoms with Gasteiger partial charge in [0.15, 0.2) is 0 Å². The number of likely N-dealkylation sites (tertiary alicyclic amines) is 1. The molecule has 0 bridgehead atoms. The highest BCUT2D eigenvalue weighted by Gasteiger charge is 2.33. The maximum absolute atomic E-state index is 11.7. The Bertz CT molecular complexity index is 308. The highest BCUT2D eigenvalue weighted by Crippen LogP contribution is 2.17. The van der Waals surface area contributed by atoms with E-state index in [-0.39, 0.29) is 6.03 Å². The molecule has 0 unspecified atom stereocenters. The summed E-state index contributed by atoms with van der Waals surface area (Å²) in [5.41, 5.74) is 1.12. The Hall–Kier alpha value is -1.52. The van der Waals surface area contributed by atoms with Crippen LogP contribution in [0.5, 0.6) is 0 Å². The number of carbonyl (C=O) groups is 2. The lowest BCUT2D eigenvalue weighted by Gasteiger charge is -2.21. The van der Waals surface area contributed by atoms with Gasteiger partial charge in [0.25, 0.3) is 0 Å². The van der Waals surface area contributed by atoms with E-state index in [1.54, 1.807) is 0 Å². The van der Waals surface area contributed by atoms with E-state index >= 15 is 0 Å². The molecule has 1 rings (SSSR count). The van der Waals surface area contributed by atoms with Gasteiger partial charge in [0, 0.05) is 13.1 Å². The molecule has 16 heavy (non-hydrogen) atoms. The first-order chi connectivity index (χ1) is 7.52. The Morgan fingerprint density at radius 3 is 2.75 bits per heavy atom. The Balaban J connectivity index is 2.47. The van der Waals surface area contributed by atoms with Crippen LogP contribution in [-0.4, -0.2) is 41.1 Å². The molecule has 1 heterocycles. The number of aliphatic carboxylic acids is 1. The van der Waals surface area contributed by atoms with Crippen molar-refractivity contribution in [2.75, 3.05) is 13.1 Å². The fourth-order valence-corrected chi connectivity index (χ4v) is 1.71. The predicted octanol–water partition coefficient (Wildman–Crippen LogP) is 1.21. The summed E-state index contributed by atoms with van der Waals surface area (Å²) in [5.74, 6) is -0.921. The number of nitrogens with zero attached hydrogens (tertiary/aromatic N) is 1.